The van der Waals surface area contributed by atoms with Gasteiger partial charge in [0, 0.05) is 40.6 Å². The first-order chi connectivity index (χ1) is 10.3. The van der Waals surface area contributed by atoms with Crippen molar-refractivity contribution in [3.63, 3.8) is 0 Å². The van der Waals surface area contributed by atoms with E-state index in [0.29, 0.717) is 0 Å². The van der Waals surface area contributed by atoms with Crippen LogP contribution in [0.2, 0.25) is 0 Å². The van der Waals surface area contributed by atoms with Crippen LogP contribution in [-0.4, -0.2) is 36.3 Å². The van der Waals surface area contributed by atoms with E-state index in [-0.39, 0.29) is 0 Å². The molecule has 0 spiro atoms. The molecular weight excluding hydrogens is 282 g/mol. The Kier molecular flexibility index (Phi) is 3.16. The van der Waals surface area contributed by atoms with Crippen LogP contribution in [0, 0.1) is 6.92 Å². The van der Waals surface area contributed by atoms with Gasteiger partial charge in [0.15, 0.2) is 5.13 Å². The molecule has 1 saturated heterocycles. The molecule has 2 aromatic heterocycles. The summed E-state index contributed by atoms with van der Waals surface area (Å²) in [4.78, 5) is 10.6. The van der Waals surface area contributed by atoms with Crippen molar-refractivity contribution < 1.29 is 4.74 Å². The number of nitrogens with one attached hydrogen (secondary N) is 1. The van der Waals surface area contributed by atoms with Crippen molar-refractivity contribution in [2.24, 2.45) is 0 Å². The molecule has 0 radical (unpaired) electrons. The monoisotopic (exact) mass is 299 g/mol. The van der Waals surface area contributed by atoms with Gasteiger partial charge in [-0.05, 0) is 13.0 Å². The summed E-state index contributed by atoms with van der Waals surface area (Å²) in [6.07, 6.45) is 0. The Hall–Kier alpha value is -1.85. The first-order valence-electron chi connectivity index (χ1n) is 7.19. The smallest absolute Gasteiger partial charge is 0.186 e. The Morgan fingerprint density at radius 2 is 2.05 bits per heavy atom. The molecule has 0 amide bonds. The molecule has 0 unspecified atom stereocenters. The summed E-state index contributed by atoms with van der Waals surface area (Å²) in [5.74, 6) is 0. The third-order valence-electron chi connectivity index (χ3n) is 3.92. The van der Waals surface area contributed by atoms with Gasteiger partial charge in [0.2, 0.25) is 0 Å². The molecule has 3 aromatic rings. The van der Waals surface area contributed by atoms with Crippen molar-refractivity contribution in [3.8, 4) is 11.3 Å². The van der Waals surface area contributed by atoms with Crippen LogP contribution >= 0.6 is 11.3 Å². The van der Waals surface area contributed by atoms with Gasteiger partial charge in [-0.2, -0.15) is 0 Å². The Morgan fingerprint density at radius 3 is 2.90 bits per heavy atom. The van der Waals surface area contributed by atoms with E-state index in [1.165, 1.54) is 22.2 Å². The topological polar surface area (TPSA) is 41.2 Å². The molecule has 0 bridgehead atoms. The SMILES string of the molecule is Cc1[nH]c2ccccc2c1-c1csc(N2CCOCC2)n1. The number of para-hydroxylation sites is 1. The summed E-state index contributed by atoms with van der Waals surface area (Å²) >= 11 is 1.72. The number of hydrogen-bond acceptors (Lipinski definition) is 4. The molecule has 4 rings (SSSR count). The Morgan fingerprint density at radius 1 is 1.24 bits per heavy atom. The van der Waals surface area contributed by atoms with E-state index < -0.39 is 0 Å². The van der Waals surface area contributed by atoms with E-state index >= 15 is 0 Å². The predicted molar refractivity (Wildman–Crippen MR) is 87.2 cm³/mol. The third kappa shape index (κ3) is 2.22. The number of nitrogens with zero attached hydrogens (tertiary/aromatic N) is 2. The Labute approximate surface area is 127 Å². The third-order valence-corrected chi connectivity index (χ3v) is 4.82. The first kappa shape index (κ1) is 12.9. The minimum absolute atomic E-state index is 0.793. The number of thiazole rings is 1. The molecule has 0 aliphatic carbocycles. The number of ether oxygens (including phenoxy) is 1. The highest BCUT2D eigenvalue weighted by Crippen LogP contribution is 2.34. The van der Waals surface area contributed by atoms with Crippen LogP contribution in [0.1, 0.15) is 5.69 Å². The fraction of sp³-hybridized carbons (Fsp3) is 0.312. The standard InChI is InChI=1S/C16H17N3OS/c1-11-15(12-4-2-3-5-13(12)17-11)14-10-21-16(18-14)19-6-8-20-9-7-19/h2-5,10,17H,6-9H2,1H3. The van der Waals surface area contributed by atoms with Crippen LogP contribution in [0.5, 0.6) is 0 Å². The molecule has 1 aromatic carbocycles. The number of aromatic amines is 1. The van der Waals surface area contributed by atoms with Crippen LogP contribution in [-0.2, 0) is 4.74 Å². The number of aryl methyl sites for hydroxylation is 1. The summed E-state index contributed by atoms with van der Waals surface area (Å²) in [6.45, 7) is 5.56. The van der Waals surface area contributed by atoms with Crippen LogP contribution in [0.15, 0.2) is 29.6 Å². The average molecular weight is 299 g/mol. The number of H-pyrrole nitrogens is 1. The first-order valence-corrected chi connectivity index (χ1v) is 8.07. The van der Waals surface area contributed by atoms with Gasteiger partial charge in [-0.3, -0.25) is 0 Å². The maximum atomic E-state index is 5.41. The summed E-state index contributed by atoms with van der Waals surface area (Å²) in [7, 11) is 0. The normalized spacial score (nSPS) is 15.8. The fourth-order valence-corrected chi connectivity index (χ4v) is 3.76. The quantitative estimate of drug-likeness (QED) is 0.788. The maximum absolute atomic E-state index is 5.41. The number of benzene rings is 1. The number of rotatable bonds is 2. The van der Waals surface area contributed by atoms with Crippen LogP contribution in [0.4, 0.5) is 5.13 Å². The van der Waals surface area contributed by atoms with Gasteiger partial charge in [0.1, 0.15) is 0 Å². The molecule has 108 valence electrons. The summed E-state index contributed by atoms with van der Waals surface area (Å²) < 4.78 is 5.41. The molecule has 1 aliphatic rings. The highest BCUT2D eigenvalue weighted by Gasteiger charge is 2.17. The Balaban J connectivity index is 1.75. The lowest BCUT2D eigenvalue weighted by Gasteiger charge is -2.26. The fourth-order valence-electron chi connectivity index (χ4n) is 2.89. The number of fused-ring (bicyclic) bond motifs is 1. The summed E-state index contributed by atoms with van der Waals surface area (Å²) in [6, 6.07) is 8.40. The molecule has 4 nitrogen and oxygen atoms in total. The van der Waals surface area contributed by atoms with Crippen molar-refractivity contribution in [1.29, 1.82) is 0 Å². The van der Waals surface area contributed by atoms with Crippen LogP contribution in [0.25, 0.3) is 22.2 Å². The van der Waals surface area contributed by atoms with Gasteiger partial charge in [-0.15, -0.1) is 11.3 Å². The van der Waals surface area contributed by atoms with Gasteiger partial charge in [-0.25, -0.2) is 4.98 Å². The van der Waals surface area contributed by atoms with Gasteiger partial charge in [-0.1, -0.05) is 18.2 Å². The van der Waals surface area contributed by atoms with Crippen molar-refractivity contribution in [2.75, 3.05) is 31.2 Å². The molecular formula is C16H17N3OS. The molecule has 21 heavy (non-hydrogen) atoms. The molecule has 5 heteroatoms. The number of hydrogen-bond donors (Lipinski definition) is 1. The van der Waals surface area contributed by atoms with E-state index in [1.54, 1.807) is 11.3 Å². The average Bonchev–Trinajstić information content (AvgIpc) is 3.11. The second-order valence-corrected chi connectivity index (χ2v) is 6.12. The second-order valence-electron chi connectivity index (χ2n) is 5.29. The predicted octanol–water partition coefficient (Wildman–Crippen LogP) is 3.44. The molecule has 3 heterocycles. The summed E-state index contributed by atoms with van der Waals surface area (Å²) in [5, 5.41) is 4.50. The number of morpholine rings is 1. The van der Waals surface area contributed by atoms with E-state index in [1.807, 2.05) is 0 Å². The minimum Gasteiger partial charge on any atom is -0.378 e. The Bertz CT molecular complexity index is 771. The highest BCUT2D eigenvalue weighted by molar-refractivity contribution is 7.14. The number of aromatic nitrogens is 2. The largest absolute Gasteiger partial charge is 0.378 e. The van der Waals surface area contributed by atoms with E-state index in [4.69, 9.17) is 9.72 Å². The molecule has 1 fully saturated rings. The van der Waals surface area contributed by atoms with Gasteiger partial charge >= 0.3 is 0 Å². The van der Waals surface area contributed by atoms with Crippen molar-refractivity contribution in [3.05, 3.63) is 35.3 Å². The van der Waals surface area contributed by atoms with E-state index in [0.717, 1.165) is 37.1 Å². The van der Waals surface area contributed by atoms with E-state index in [9.17, 15) is 0 Å². The van der Waals surface area contributed by atoms with Gasteiger partial charge in [0.05, 0.1) is 18.9 Å². The molecule has 0 saturated carbocycles. The lowest BCUT2D eigenvalue weighted by molar-refractivity contribution is 0.122. The minimum atomic E-state index is 0.793. The maximum Gasteiger partial charge on any atom is 0.186 e. The lowest BCUT2D eigenvalue weighted by atomic mass is 10.1. The summed E-state index contributed by atoms with van der Waals surface area (Å²) in [5.41, 5.74) is 4.64. The molecule has 1 N–H and O–H groups in total. The van der Waals surface area contributed by atoms with E-state index in [2.05, 4.69) is 46.5 Å². The molecule has 1 aliphatic heterocycles. The van der Waals surface area contributed by atoms with Gasteiger partial charge in [0.25, 0.3) is 0 Å². The van der Waals surface area contributed by atoms with Crippen molar-refractivity contribution in [1.82, 2.24) is 9.97 Å². The zero-order chi connectivity index (χ0) is 14.2. The zero-order valence-corrected chi connectivity index (χ0v) is 12.7. The number of anilines is 1. The molecule has 0 atom stereocenters. The van der Waals surface area contributed by atoms with Crippen LogP contribution < -0.4 is 4.90 Å². The van der Waals surface area contributed by atoms with Crippen LogP contribution in [0.3, 0.4) is 0 Å². The second kappa shape index (κ2) is 5.16. The van der Waals surface area contributed by atoms with Gasteiger partial charge < -0.3 is 14.6 Å². The highest BCUT2D eigenvalue weighted by atomic mass is 32.1. The van der Waals surface area contributed by atoms with Crippen molar-refractivity contribution >= 4 is 27.4 Å². The van der Waals surface area contributed by atoms with Crippen molar-refractivity contribution in [2.45, 2.75) is 6.92 Å². The lowest BCUT2D eigenvalue weighted by Crippen LogP contribution is -2.36. The zero-order valence-electron chi connectivity index (χ0n) is 11.9.